The Morgan fingerprint density at radius 3 is 2.58 bits per heavy atom. The van der Waals surface area contributed by atoms with Gasteiger partial charge in [-0.1, -0.05) is 20.8 Å². The zero-order chi connectivity index (χ0) is 17.3. The molecule has 1 aromatic rings. The first kappa shape index (κ1) is 17.4. The van der Waals surface area contributed by atoms with Gasteiger partial charge in [0.15, 0.2) is 0 Å². The Hall–Kier alpha value is -1.40. The highest BCUT2D eigenvalue weighted by atomic mass is 16.5. The van der Waals surface area contributed by atoms with E-state index in [9.17, 15) is 4.79 Å². The summed E-state index contributed by atoms with van der Waals surface area (Å²) in [4.78, 5) is 24.2. The van der Waals surface area contributed by atoms with Gasteiger partial charge in [-0.25, -0.2) is 4.98 Å². The molecule has 3 rings (SSSR count). The highest BCUT2D eigenvalue weighted by molar-refractivity contribution is 5.73. The zero-order valence-corrected chi connectivity index (χ0v) is 15.3. The summed E-state index contributed by atoms with van der Waals surface area (Å²) in [5, 5.41) is 0. The fraction of sp³-hybridized carbons (Fsp3) is 0.778. The first-order valence-corrected chi connectivity index (χ1v) is 9.00. The van der Waals surface area contributed by atoms with Gasteiger partial charge in [0, 0.05) is 49.9 Å². The predicted octanol–water partition coefficient (Wildman–Crippen LogP) is 2.09. The Kier molecular flexibility index (Phi) is 4.97. The highest BCUT2D eigenvalue weighted by Gasteiger charge is 2.35. The van der Waals surface area contributed by atoms with Gasteiger partial charge in [0.05, 0.1) is 19.3 Å². The lowest BCUT2D eigenvalue weighted by atomic mass is 9.93. The number of nitrogens with zero attached hydrogens (tertiary/aromatic N) is 3. The number of amides is 1. The minimum atomic E-state index is 0.0679. The fourth-order valence-electron chi connectivity index (χ4n) is 3.69. The number of carbonyl (C=O) groups is 1. The lowest BCUT2D eigenvalue weighted by molar-refractivity contribution is -0.131. The molecule has 2 aliphatic heterocycles. The number of piperidine rings is 1. The highest BCUT2D eigenvalue weighted by Crippen LogP contribution is 2.30. The van der Waals surface area contributed by atoms with Crippen molar-refractivity contribution >= 4 is 5.91 Å². The smallest absolute Gasteiger partial charge is 0.219 e. The van der Waals surface area contributed by atoms with E-state index in [4.69, 9.17) is 4.74 Å². The van der Waals surface area contributed by atoms with Gasteiger partial charge < -0.3 is 14.6 Å². The molecule has 0 spiro atoms. The van der Waals surface area contributed by atoms with Crippen LogP contribution in [-0.2, 0) is 14.9 Å². The minimum absolute atomic E-state index is 0.0679. The summed E-state index contributed by atoms with van der Waals surface area (Å²) in [6.45, 7) is 12.3. The quantitative estimate of drug-likeness (QED) is 0.900. The Labute approximate surface area is 144 Å². The molecule has 0 aliphatic carbocycles. The summed E-state index contributed by atoms with van der Waals surface area (Å²) < 4.78 is 5.75. The van der Waals surface area contributed by atoms with Gasteiger partial charge in [0.1, 0.15) is 5.82 Å². The second kappa shape index (κ2) is 6.84. The van der Waals surface area contributed by atoms with Gasteiger partial charge in [-0.05, 0) is 12.8 Å². The molecule has 1 amide bonds. The third-order valence-electron chi connectivity index (χ3n) is 5.27. The lowest BCUT2D eigenvalue weighted by Gasteiger charge is -2.43. The van der Waals surface area contributed by atoms with E-state index in [0.717, 1.165) is 50.6 Å². The van der Waals surface area contributed by atoms with Crippen LogP contribution in [0.1, 0.15) is 58.1 Å². The molecule has 0 radical (unpaired) electrons. The van der Waals surface area contributed by atoms with Crippen LogP contribution < -0.4 is 0 Å². The topological polar surface area (TPSA) is 61.5 Å². The number of imidazole rings is 1. The van der Waals surface area contributed by atoms with E-state index in [2.05, 4.69) is 35.6 Å². The number of rotatable bonds is 2. The average molecular weight is 334 g/mol. The largest absolute Gasteiger partial charge is 0.378 e. The summed E-state index contributed by atoms with van der Waals surface area (Å²) in [6.07, 6.45) is 4.02. The van der Waals surface area contributed by atoms with Crippen molar-refractivity contribution in [3.05, 3.63) is 17.7 Å². The summed E-state index contributed by atoms with van der Waals surface area (Å²) in [5.74, 6) is 1.20. The normalized spacial score (nSPS) is 24.3. The van der Waals surface area contributed by atoms with Gasteiger partial charge in [0.2, 0.25) is 5.91 Å². The average Bonchev–Trinajstić information content (AvgIpc) is 3.05. The zero-order valence-electron chi connectivity index (χ0n) is 15.3. The second-order valence-corrected chi connectivity index (χ2v) is 8.00. The number of H-pyrrole nitrogens is 1. The molecule has 24 heavy (non-hydrogen) atoms. The van der Waals surface area contributed by atoms with Crippen molar-refractivity contribution in [1.82, 2.24) is 19.8 Å². The number of aromatic amines is 1. The van der Waals surface area contributed by atoms with Crippen LogP contribution >= 0.6 is 0 Å². The van der Waals surface area contributed by atoms with Gasteiger partial charge in [-0.3, -0.25) is 9.69 Å². The third kappa shape index (κ3) is 3.64. The van der Waals surface area contributed by atoms with Crippen molar-refractivity contribution in [3.63, 3.8) is 0 Å². The molecule has 1 aromatic heterocycles. The van der Waals surface area contributed by atoms with E-state index in [-0.39, 0.29) is 17.4 Å². The maximum Gasteiger partial charge on any atom is 0.219 e. The number of ether oxygens (including phenoxy) is 1. The standard InChI is InChI=1S/C18H30N4O2/c1-13(23)21-7-5-14(6-8-21)22-9-10-24-12-15(22)17-19-11-16(20-17)18(2,3)4/h11,14-15H,5-10,12H2,1-4H3,(H,19,20). The number of aromatic nitrogens is 2. The van der Waals surface area contributed by atoms with Crippen molar-refractivity contribution in [2.75, 3.05) is 32.8 Å². The SMILES string of the molecule is CC(=O)N1CCC(N2CCOCC2c2ncc(C(C)(C)C)[nH]2)CC1. The number of hydrogen-bond donors (Lipinski definition) is 1. The monoisotopic (exact) mass is 334 g/mol. The number of nitrogens with one attached hydrogen (secondary N) is 1. The van der Waals surface area contributed by atoms with Crippen LogP contribution in [0.3, 0.4) is 0 Å². The van der Waals surface area contributed by atoms with Crippen LogP contribution in [0.2, 0.25) is 0 Å². The summed E-state index contributed by atoms with van der Waals surface area (Å²) in [7, 11) is 0. The molecular formula is C18H30N4O2. The molecule has 0 aromatic carbocycles. The van der Waals surface area contributed by atoms with E-state index in [0.29, 0.717) is 12.6 Å². The van der Waals surface area contributed by atoms with Gasteiger partial charge in [-0.15, -0.1) is 0 Å². The maximum atomic E-state index is 11.5. The predicted molar refractivity (Wildman–Crippen MR) is 92.8 cm³/mol. The van der Waals surface area contributed by atoms with E-state index in [1.165, 1.54) is 0 Å². The van der Waals surface area contributed by atoms with Crippen LogP contribution in [0, 0.1) is 0 Å². The van der Waals surface area contributed by atoms with Crippen molar-refractivity contribution < 1.29 is 9.53 Å². The van der Waals surface area contributed by atoms with Crippen LogP contribution in [0.4, 0.5) is 0 Å². The van der Waals surface area contributed by atoms with E-state index in [1.54, 1.807) is 6.92 Å². The van der Waals surface area contributed by atoms with Crippen molar-refractivity contribution in [2.45, 2.75) is 58.0 Å². The number of likely N-dealkylation sites (tertiary alicyclic amines) is 1. The summed E-state index contributed by atoms with van der Waals surface area (Å²) in [5.41, 5.74) is 1.23. The Bertz CT molecular complexity index is 570. The molecule has 2 aliphatic rings. The molecule has 134 valence electrons. The van der Waals surface area contributed by atoms with Gasteiger partial charge >= 0.3 is 0 Å². The van der Waals surface area contributed by atoms with Gasteiger partial charge in [0.25, 0.3) is 0 Å². The van der Waals surface area contributed by atoms with Crippen LogP contribution in [-0.4, -0.2) is 64.6 Å². The third-order valence-corrected chi connectivity index (χ3v) is 5.27. The summed E-state index contributed by atoms with van der Waals surface area (Å²) in [6, 6.07) is 0.682. The molecule has 0 saturated carbocycles. The van der Waals surface area contributed by atoms with Crippen molar-refractivity contribution in [3.8, 4) is 0 Å². The first-order chi connectivity index (χ1) is 11.4. The molecule has 6 heteroatoms. The van der Waals surface area contributed by atoms with E-state index in [1.807, 2.05) is 11.1 Å². The van der Waals surface area contributed by atoms with E-state index < -0.39 is 0 Å². The van der Waals surface area contributed by atoms with Crippen LogP contribution in [0.15, 0.2) is 6.20 Å². The molecule has 1 atom stereocenters. The molecule has 1 unspecified atom stereocenters. The van der Waals surface area contributed by atoms with Crippen molar-refractivity contribution in [1.29, 1.82) is 0 Å². The Morgan fingerprint density at radius 1 is 1.29 bits per heavy atom. The van der Waals surface area contributed by atoms with Crippen LogP contribution in [0.25, 0.3) is 0 Å². The van der Waals surface area contributed by atoms with Gasteiger partial charge in [-0.2, -0.15) is 0 Å². The van der Waals surface area contributed by atoms with E-state index >= 15 is 0 Å². The molecular weight excluding hydrogens is 304 g/mol. The number of hydrogen-bond acceptors (Lipinski definition) is 4. The Morgan fingerprint density at radius 2 is 2.00 bits per heavy atom. The van der Waals surface area contributed by atoms with Crippen LogP contribution in [0.5, 0.6) is 0 Å². The fourth-order valence-corrected chi connectivity index (χ4v) is 3.69. The molecule has 3 heterocycles. The molecule has 6 nitrogen and oxygen atoms in total. The molecule has 2 saturated heterocycles. The molecule has 0 bridgehead atoms. The molecule has 2 fully saturated rings. The number of morpholine rings is 1. The molecule has 1 N–H and O–H groups in total. The van der Waals surface area contributed by atoms with Crippen molar-refractivity contribution in [2.24, 2.45) is 0 Å². The first-order valence-electron chi connectivity index (χ1n) is 9.00. The minimum Gasteiger partial charge on any atom is -0.378 e. The summed E-state index contributed by atoms with van der Waals surface area (Å²) >= 11 is 0. The lowest BCUT2D eigenvalue weighted by Crippen LogP contribution is -2.51. The Balaban J connectivity index is 1.72. The second-order valence-electron chi connectivity index (χ2n) is 8.00. The number of carbonyl (C=O) groups excluding carboxylic acids is 1. The maximum absolute atomic E-state index is 11.5.